The predicted octanol–water partition coefficient (Wildman–Crippen LogP) is 1.21. The third-order valence-electron chi connectivity index (χ3n) is 2.62. The maximum atomic E-state index is 12.1. The number of hydrogen-bond acceptors (Lipinski definition) is 4. The van der Waals surface area contributed by atoms with Crippen molar-refractivity contribution in [2.24, 2.45) is 5.73 Å². The Balaban J connectivity index is 2.20. The Morgan fingerprint density at radius 1 is 1.33 bits per heavy atom. The second kappa shape index (κ2) is 5.37. The van der Waals surface area contributed by atoms with E-state index in [-0.39, 0.29) is 5.91 Å². The van der Waals surface area contributed by atoms with Crippen LogP contribution in [-0.2, 0) is 6.54 Å². The Bertz CT molecular complexity index is 524. The molecule has 5 heteroatoms. The number of carbonyl (C=O) groups excluding carboxylic acids is 1. The molecule has 2 aromatic heterocycles. The topological polar surface area (TPSA) is 72.1 Å². The number of nitrogens with two attached hydrogens (primary N) is 1. The van der Waals surface area contributed by atoms with Gasteiger partial charge in [0, 0.05) is 26.0 Å². The van der Waals surface area contributed by atoms with Gasteiger partial charge in [-0.15, -0.1) is 0 Å². The maximum Gasteiger partial charge on any atom is 0.276 e. The zero-order valence-corrected chi connectivity index (χ0v) is 10.1. The van der Waals surface area contributed by atoms with Crippen LogP contribution in [0.1, 0.15) is 16.1 Å². The minimum atomic E-state index is -0.174. The molecular formula is C13H14N4O. The van der Waals surface area contributed by atoms with E-state index in [1.165, 1.54) is 4.90 Å². The van der Waals surface area contributed by atoms with Gasteiger partial charge < -0.3 is 10.6 Å². The maximum absolute atomic E-state index is 12.1. The van der Waals surface area contributed by atoms with Crippen LogP contribution in [0.2, 0.25) is 0 Å². The lowest BCUT2D eigenvalue weighted by Crippen LogP contribution is -2.27. The highest BCUT2D eigenvalue weighted by atomic mass is 16.2. The highest BCUT2D eigenvalue weighted by Crippen LogP contribution is 2.12. The fourth-order valence-corrected chi connectivity index (χ4v) is 1.51. The Labute approximate surface area is 105 Å². The van der Waals surface area contributed by atoms with Gasteiger partial charge in [0.2, 0.25) is 0 Å². The average molecular weight is 242 g/mol. The van der Waals surface area contributed by atoms with E-state index in [0.717, 1.165) is 11.3 Å². The van der Waals surface area contributed by atoms with E-state index < -0.39 is 0 Å². The molecule has 0 unspecified atom stereocenters. The van der Waals surface area contributed by atoms with Gasteiger partial charge in [0.1, 0.15) is 5.69 Å². The van der Waals surface area contributed by atoms with E-state index >= 15 is 0 Å². The molecular weight excluding hydrogens is 228 g/mol. The van der Waals surface area contributed by atoms with Crippen LogP contribution in [-0.4, -0.2) is 22.9 Å². The zero-order valence-electron chi connectivity index (χ0n) is 10.1. The molecule has 2 N–H and O–H groups in total. The Morgan fingerprint density at radius 3 is 2.72 bits per heavy atom. The minimum Gasteiger partial charge on any atom is -0.326 e. The number of pyridine rings is 2. The molecule has 18 heavy (non-hydrogen) atoms. The van der Waals surface area contributed by atoms with E-state index in [1.807, 2.05) is 6.07 Å². The second-order valence-corrected chi connectivity index (χ2v) is 3.83. The van der Waals surface area contributed by atoms with Crippen molar-refractivity contribution in [1.82, 2.24) is 9.97 Å². The number of carbonyl (C=O) groups is 1. The first-order valence-electron chi connectivity index (χ1n) is 5.55. The molecule has 0 atom stereocenters. The standard InChI is InChI=1S/C13H14N4O/c1-17(11-3-2-6-15-9-11)13(18)12-5-4-10(7-14)8-16-12/h2-6,8-9H,7,14H2,1H3. The first kappa shape index (κ1) is 12.2. The monoisotopic (exact) mass is 242 g/mol. The molecule has 0 aliphatic rings. The summed E-state index contributed by atoms with van der Waals surface area (Å²) in [6, 6.07) is 7.08. The van der Waals surface area contributed by atoms with Crippen LogP contribution in [0.15, 0.2) is 42.9 Å². The summed E-state index contributed by atoms with van der Waals surface area (Å²) in [5.74, 6) is -0.174. The van der Waals surface area contributed by atoms with E-state index in [0.29, 0.717) is 12.2 Å². The lowest BCUT2D eigenvalue weighted by Gasteiger charge is -2.16. The van der Waals surface area contributed by atoms with Crippen LogP contribution in [0.25, 0.3) is 0 Å². The van der Waals surface area contributed by atoms with Crippen LogP contribution in [0.4, 0.5) is 5.69 Å². The molecule has 0 radical (unpaired) electrons. The molecule has 2 heterocycles. The highest BCUT2D eigenvalue weighted by Gasteiger charge is 2.14. The first-order chi connectivity index (χ1) is 8.72. The molecule has 0 fully saturated rings. The normalized spacial score (nSPS) is 10.1. The van der Waals surface area contributed by atoms with E-state index in [4.69, 9.17) is 5.73 Å². The van der Waals surface area contributed by atoms with Crippen LogP contribution in [0.5, 0.6) is 0 Å². The van der Waals surface area contributed by atoms with Crippen molar-refractivity contribution in [2.75, 3.05) is 11.9 Å². The number of nitrogens with zero attached hydrogens (tertiary/aromatic N) is 3. The fraction of sp³-hybridized carbons (Fsp3) is 0.154. The molecule has 0 aromatic carbocycles. The SMILES string of the molecule is CN(C(=O)c1ccc(CN)cn1)c1cccnc1. The van der Waals surface area contributed by atoms with Crippen LogP contribution in [0, 0.1) is 0 Å². The average Bonchev–Trinajstić information content (AvgIpc) is 2.47. The van der Waals surface area contributed by atoms with Gasteiger partial charge in [-0.1, -0.05) is 6.07 Å². The highest BCUT2D eigenvalue weighted by molar-refractivity contribution is 6.04. The van der Waals surface area contributed by atoms with Crippen molar-refractivity contribution < 1.29 is 4.79 Å². The number of rotatable bonds is 3. The van der Waals surface area contributed by atoms with Crippen molar-refractivity contribution in [3.63, 3.8) is 0 Å². The number of hydrogen-bond donors (Lipinski definition) is 1. The zero-order chi connectivity index (χ0) is 13.0. The second-order valence-electron chi connectivity index (χ2n) is 3.83. The summed E-state index contributed by atoms with van der Waals surface area (Å²) in [7, 11) is 1.69. The van der Waals surface area contributed by atoms with Gasteiger partial charge >= 0.3 is 0 Å². The van der Waals surface area contributed by atoms with Crippen molar-refractivity contribution >= 4 is 11.6 Å². The molecule has 0 bridgehead atoms. The molecule has 2 aromatic rings. The van der Waals surface area contributed by atoms with Crippen LogP contribution < -0.4 is 10.6 Å². The van der Waals surface area contributed by atoms with E-state index in [1.54, 1.807) is 43.8 Å². The van der Waals surface area contributed by atoms with Crippen molar-refractivity contribution in [3.8, 4) is 0 Å². The molecule has 0 saturated heterocycles. The van der Waals surface area contributed by atoms with Gasteiger partial charge in [-0.05, 0) is 23.8 Å². The first-order valence-corrected chi connectivity index (χ1v) is 5.55. The Kier molecular flexibility index (Phi) is 3.64. The van der Waals surface area contributed by atoms with Crippen molar-refractivity contribution in [1.29, 1.82) is 0 Å². The van der Waals surface area contributed by atoms with Gasteiger partial charge in [0.05, 0.1) is 11.9 Å². The van der Waals surface area contributed by atoms with E-state index in [9.17, 15) is 4.79 Å². The minimum absolute atomic E-state index is 0.174. The lowest BCUT2D eigenvalue weighted by molar-refractivity contribution is 0.0988. The summed E-state index contributed by atoms with van der Waals surface area (Å²) in [5, 5.41) is 0. The van der Waals surface area contributed by atoms with Crippen LogP contribution >= 0.6 is 0 Å². The molecule has 0 saturated carbocycles. The Hall–Kier alpha value is -2.27. The van der Waals surface area contributed by atoms with Gasteiger partial charge in [-0.3, -0.25) is 14.8 Å². The van der Waals surface area contributed by atoms with Crippen molar-refractivity contribution in [3.05, 3.63) is 54.1 Å². The molecule has 0 spiro atoms. The molecule has 92 valence electrons. The van der Waals surface area contributed by atoms with Crippen molar-refractivity contribution in [2.45, 2.75) is 6.54 Å². The summed E-state index contributed by atoms with van der Waals surface area (Å²) < 4.78 is 0. The van der Waals surface area contributed by atoms with Gasteiger partial charge in [-0.2, -0.15) is 0 Å². The van der Waals surface area contributed by atoms with Gasteiger partial charge in [0.25, 0.3) is 5.91 Å². The number of anilines is 1. The summed E-state index contributed by atoms with van der Waals surface area (Å²) in [4.78, 5) is 21.7. The molecule has 2 rings (SSSR count). The molecule has 0 aliphatic heterocycles. The summed E-state index contributed by atoms with van der Waals surface area (Å²) in [6.45, 7) is 0.417. The molecule has 5 nitrogen and oxygen atoms in total. The Morgan fingerprint density at radius 2 is 2.17 bits per heavy atom. The lowest BCUT2D eigenvalue weighted by atomic mass is 10.2. The van der Waals surface area contributed by atoms with Gasteiger partial charge in [-0.25, -0.2) is 0 Å². The van der Waals surface area contributed by atoms with E-state index in [2.05, 4.69) is 9.97 Å². The molecule has 1 amide bonds. The summed E-state index contributed by atoms with van der Waals surface area (Å²) in [5.41, 5.74) is 7.50. The quantitative estimate of drug-likeness (QED) is 0.878. The van der Waals surface area contributed by atoms with Gasteiger partial charge in [0.15, 0.2) is 0 Å². The third-order valence-corrected chi connectivity index (χ3v) is 2.62. The summed E-state index contributed by atoms with van der Waals surface area (Å²) in [6.07, 6.45) is 4.91. The smallest absolute Gasteiger partial charge is 0.276 e. The third kappa shape index (κ3) is 2.52. The number of amides is 1. The number of aromatic nitrogens is 2. The van der Waals surface area contributed by atoms with Crippen LogP contribution in [0.3, 0.4) is 0 Å². The molecule has 0 aliphatic carbocycles. The summed E-state index contributed by atoms with van der Waals surface area (Å²) >= 11 is 0. The largest absolute Gasteiger partial charge is 0.326 e. The fourth-order valence-electron chi connectivity index (χ4n) is 1.51. The predicted molar refractivity (Wildman–Crippen MR) is 69.1 cm³/mol.